The van der Waals surface area contributed by atoms with E-state index >= 15 is 0 Å². The molecule has 0 atom stereocenters. The van der Waals surface area contributed by atoms with Gasteiger partial charge in [-0.05, 0) is 54.8 Å². The molecule has 0 unspecified atom stereocenters. The quantitative estimate of drug-likeness (QED) is 0.824. The Labute approximate surface area is 93.5 Å². The van der Waals surface area contributed by atoms with Crippen molar-refractivity contribution >= 4 is 21.7 Å². The van der Waals surface area contributed by atoms with Crippen LogP contribution < -0.4 is 4.90 Å². The summed E-state index contributed by atoms with van der Waals surface area (Å²) in [6.45, 7) is 5.28. The molecule has 1 aliphatic rings. The summed E-state index contributed by atoms with van der Waals surface area (Å²) in [7, 11) is 0. The molecule has 0 bridgehead atoms. The highest BCUT2D eigenvalue weighted by molar-refractivity contribution is 9.10. The molecule has 76 valence electrons. The first-order valence-corrected chi connectivity index (χ1v) is 5.91. The Morgan fingerprint density at radius 2 is 2.21 bits per heavy atom. The maximum absolute atomic E-state index is 4.58. The molecule has 1 aliphatic carbocycles. The number of pyridine rings is 1. The molecule has 0 aliphatic heterocycles. The molecular weight excluding hydrogens is 240 g/mol. The molecule has 2 rings (SSSR count). The predicted molar refractivity (Wildman–Crippen MR) is 62.7 cm³/mol. The van der Waals surface area contributed by atoms with Gasteiger partial charge in [-0.1, -0.05) is 0 Å². The van der Waals surface area contributed by atoms with Crippen LogP contribution in [0.5, 0.6) is 0 Å². The van der Waals surface area contributed by atoms with Crippen LogP contribution in [0.3, 0.4) is 0 Å². The Morgan fingerprint density at radius 3 is 2.71 bits per heavy atom. The largest absolute Gasteiger partial charge is 0.354 e. The van der Waals surface area contributed by atoms with Crippen molar-refractivity contribution in [3.05, 3.63) is 22.3 Å². The molecule has 1 aromatic rings. The predicted octanol–water partition coefficient (Wildman–Crippen LogP) is 3.14. The van der Waals surface area contributed by atoms with Gasteiger partial charge in [-0.2, -0.15) is 0 Å². The monoisotopic (exact) mass is 254 g/mol. The Balaban J connectivity index is 2.25. The zero-order chi connectivity index (χ0) is 10.1. The molecular formula is C11H15BrN2. The second kappa shape index (κ2) is 3.89. The normalized spacial score (nSPS) is 15.6. The van der Waals surface area contributed by atoms with Crippen molar-refractivity contribution in [2.24, 2.45) is 0 Å². The molecule has 0 aromatic carbocycles. The fourth-order valence-corrected chi connectivity index (χ4v) is 1.91. The number of anilines is 1. The Morgan fingerprint density at radius 1 is 1.50 bits per heavy atom. The average molecular weight is 255 g/mol. The van der Waals surface area contributed by atoms with Gasteiger partial charge in [-0.15, -0.1) is 0 Å². The Kier molecular flexibility index (Phi) is 2.77. The minimum atomic E-state index is 0.744. The summed E-state index contributed by atoms with van der Waals surface area (Å²) in [5.41, 5.74) is 1.07. The summed E-state index contributed by atoms with van der Waals surface area (Å²) in [6, 6.07) is 4.93. The second-order valence-electron chi connectivity index (χ2n) is 3.75. The fraction of sp³-hybridized carbons (Fsp3) is 0.545. The Hall–Kier alpha value is -0.570. The van der Waals surface area contributed by atoms with E-state index in [0.29, 0.717) is 0 Å². The van der Waals surface area contributed by atoms with E-state index in [-0.39, 0.29) is 0 Å². The molecule has 14 heavy (non-hydrogen) atoms. The smallest absolute Gasteiger partial charge is 0.129 e. The van der Waals surface area contributed by atoms with Gasteiger partial charge in [-0.3, -0.25) is 0 Å². The average Bonchev–Trinajstić information content (AvgIpc) is 2.96. The van der Waals surface area contributed by atoms with Crippen molar-refractivity contribution < 1.29 is 0 Å². The fourth-order valence-electron chi connectivity index (χ4n) is 1.68. The van der Waals surface area contributed by atoms with E-state index in [1.165, 1.54) is 12.8 Å². The van der Waals surface area contributed by atoms with Gasteiger partial charge in [0.2, 0.25) is 0 Å². The lowest BCUT2D eigenvalue weighted by Gasteiger charge is -2.21. The number of halogens is 1. The number of nitrogens with zero attached hydrogens (tertiary/aromatic N) is 2. The van der Waals surface area contributed by atoms with E-state index in [9.17, 15) is 0 Å². The van der Waals surface area contributed by atoms with Gasteiger partial charge in [0, 0.05) is 17.1 Å². The van der Waals surface area contributed by atoms with Gasteiger partial charge < -0.3 is 4.90 Å². The van der Waals surface area contributed by atoms with E-state index in [1.54, 1.807) is 0 Å². The number of hydrogen-bond donors (Lipinski definition) is 0. The molecule has 1 aromatic heterocycles. The standard InChI is InChI=1S/C11H15BrN2/c1-3-14(9-4-5-9)11-7-6-10(12)8(2)13-11/h6-7,9H,3-5H2,1-2H3. The topological polar surface area (TPSA) is 16.1 Å². The van der Waals surface area contributed by atoms with Crippen molar-refractivity contribution in [2.45, 2.75) is 32.7 Å². The lowest BCUT2D eigenvalue weighted by molar-refractivity contribution is 0.805. The van der Waals surface area contributed by atoms with Crippen molar-refractivity contribution in [1.29, 1.82) is 0 Å². The number of rotatable bonds is 3. The van der Waals surface area contributed by atoms with E-state index in [1.807, 2.05) is 6.92 Å². The van der Waals surface area contributed by atoms with Gasteiger partial charge in [0.15, 0.2) is 0 Å². The van der Waals surface area contributed by atoms with Crippen LogP contribution in [0.1, 0.15) is 25.5 Å². The zero-order valence-electron chi connectivity index (χ0n) is 8.63. The molecule has 3 heteroatoms. The zero-order valence-corrected chi connectivity index (χ0v) is 10.2. The lowest BCUT2D eigenvalue weighted by atomic mass is 10.3. The van der Waals surface area contributed by atoms with E-state index < -0.39 is 0 Å². The third-order valence-electron chi connectivity index (χ3n) is 2.63. The maximum atomic E-state index is 4.58. The van der Waals surface area contributed by atoms with E-state index in [4.69, 9.17) is 0 Å². The van der Waals surface area contributed by atoms with Gasteiger partial charge in [0.1, 0.15) is 5.82 Å². The highest BCUT2D eigenvalue weighted by Crippen LogP contribution is 2.31. The van der Waals surface area contributed by atoms with Gasteiger partial charge >= 0.3 is 0 Å². The van der Waals surface area contributed by atoms with Crippen LogP contribution in [0.25, 0.3) is 0 Å². The maximum Gasteiger partial charge on any atom is 0.129 e. The van der Waals surface area contributed by atoms with Gasteiger partial charge in [-0.25, -0.2) is 4.98 Å². The molecule has 1 saturated carbocycles. The van der Waals surface area contributed by atoms with E-state index in [0.717, 1.165) is 28.6 Å². The third-order valence-corrected chi connectivity index (χ3v) is 3.47. The first-order chi connectivity index (χ1) is 6.72. The number of hydrogen-bond acceptors (Lipinski definition) is 2. The highest BCUT2D eigenvalue weighted by Gasteiger charge is 2.28. The highest BCUT2D eigenvalue weighted by atomic mass is 79.9. The number of aryl methyl sites for hydroxylation is 1. The van der Waals surface area contributed by atoms with Crippen molar-refractivity contribution in [2.75, 3.05) is 11.4 Å². The van der Waals surface area contributed by atoms with Crippen LogP contribution >= 0.6 is 15.9 Å². The van der Waals surface area contributed by atoms with Gasteiger partial charge in [0.05, 0.1) is 5.69 Å². The van der Waals surface area contributed by atoms with Gasteiger partial charge in [0.25, 0.3) is 0 Å². The van der Waals surface area contributed by atoms with Crippen LogP contribution in [0.2, 0.25) is 0 Å². The van der Waals surface area contributed by atoms with Crippen LogP contribution in [-0.2, 0) is 0 Å². The first-order valence-electron chi connectivity index (χ1n) is 5.12. The van der Waals surface area contributed by atoms with Crippen LogP contribution in [0, 0.1) is 6.92 Å². The van der Waals surface area contributed by atoms with Crippen LogP contribution in [-0.4, -0.2) is 17.6 Å². The molecule has 0 saturated heterocycles. The van der Waals surface area contributed by atoms with Crippen molar-refractivity contribution in [1.82, 2.24) is 4.98 Å². The summed E-state index contributed by atoms with van der Waals surface area (Å²) < 4.78 is 1.09. The Bertz CT molecular complexity index is 334. The van der Waals surface area contributed by atoms with E-state index in [2.05, 4.69) is 44.9 Å². The SMILES string of the molecule is CCN(c1ccc(Br)c(C)n1)C1CC1. The van der Waals surface area contributed by atoms with Crippen molar-refractivity contribution in [3.63, 3.8) is 0 Å². The molecule has 1 heterocycles. The first kappa shape index (κ1) is 9.97. The second-order valence-corrected chi connectivity index (χ2v) is 4.61. The molecule has 0 N–H and O–H groups in total. The third kappa shape index (κ3) is 1.92. The van der Waals surface area contributed by atoms with Crippen LogP contribution in [0.15, 0.2) is 16.6 Å². The minimum Gasteiger partial charge on any atom is -0.354 e. The lowest BCUT2D eigenvalue weighted by Crippen LogP contribution is -2.26. The summed E-state index contributed by atoms with van der Waals surface area (Å²) in [5.74, 6) is 1.12. The molecule has 2 nitrogen and oxygen atoms in total. The molecule has 1 fully saturated rings. The minimum absolute atomic E-state index is 0.744. The summed E-state index contributed by atoms with van der Waals surface area (Å²) >= 11 is 3.47. The summed E-state index contributed by atoms with van der Waals surface area (Å²) in [5, 5.41) is 0. The number of aromatic nitrogens is 1. The summed E-state index contributed by atoms with van der Waals surface area (Å²) in [6.07, 6.45) is 2.65. The molecule has 0 spiro atoms. The molecule has 0 amide bonds. The van der Waals surface area contributed by atoms with Crippen LogP contribution in [0.4, 0.5) is 5.82 Å². The summed E-state index contributed by atoms with van der Waals surface area (Å²) in [4.78, 5) is 6.97. The molecule has 0 radical (unpaired) electrons. The van der Waals surface area contributed by atoms with Crippen molar-refractivity contribution in [3.8, 4) is 0 Å².